The minimum atomic E-state index is -3.63. The van der Waals surface area contributed by atoms with Crippen LogP contribution in [0.4, 0.5) is 5.13 Å². The predicted octanol–water partition coefficient (Wildman–Crippen LogP) is 3.64. The van der Waals surface area contributed by atoms with Gasteiger partial charge in [0.25, 0.3) is 23.6 Å². The summed E-state index contributed by atoms with van der Waals surface area (Å²) in [7, 11) is -3.63. The Morgan fingerprint density at radius 1 is 0.938 bits per heavy atom. The van der Waals surface area contributed by atoms with Gasteiger partial charge >= 0.3 is 0 Å². The van der Waals surface area contributed by atoms with Crippen molar-refractivity contribution in [3.63, 3.8) is 0 Å². The zero-order valence-corrected chi connectivity index (χ0v) is 36.0. The lowest BCUT2D eigenvalue weighted by Gasteiger charge is -2.27. The molecule has 3 aromatic carbocycles. The van der Waals surface area contributed by atoms with E-state index in [9.17, 15) is 42.0 Å². The van der Waals surface area contributed by atoms with Crippen molar-refractivity contribution >= 4 is 67.8 Å². The third-order valence-electron chi connectivity index (χ3n) is 10.3. The quantitative estimate of drug-likeness (QED) is 0.0686. The lowest BCUT2D eigenvalue weighted by atomic mass is 10.0. The molecule has 2 aliphatic rings. The number of anilines is 1. The number of carbonyl (C=O) groups is 7. The van der Waals surface area contributed by atoms with E-state index in [4.69, 9.17) is 9.47 Å². The van der Waals surface area contributed by atoms with Gasteiger partial charge in [0, 0.05) is 42.7 Å². The molecule has 332 valence electrons. The molecule has 0 saturated carbocycles. The van der Waals surface area contributed by atoms with E-state index in [1.165, 1.54) is 29.7 Å². The van der Waals surface area contributed by atoms with Crippen LogP contribution in [0.25, 0.3) is 11.3 Å². The van der Waals surface area contributed by atoms with Crippen LogP contribution < -0.4 is 26.0 Å². The molecular formula is C44H43N7O11S2. The number of thiazole rings is 1. The summed E-state index contributed by atoms with van der Waals surface area (Å²) < 4.78 is 36.5. The Labute approximate surface area is 371 Å². The lowest BCUT2D eigenvalue weighted by molar-refractivity contribution is -0.136. The van der Waals surface area contributed by atoms with Crippen LogP contribution in [0.1, 0.15) is 74.3 Å². The Bertz CT molecular complexity index is 2700. The fourth-order valence-electron chi connectivity index (χ4n) is 6.92. The van der Waals surface area contributed by atoms with Crippen LogP contribution >= 0.6 is 11.3 Å². The first-order valence-electron chi connectivity index (χ1n) is 20.2. The maximum absolute atomic E-state index is 13.5. The number of ether oxygens (including phenoxy) is 2. The van der Waals surface area contributed by atoms with Gasteiger partial charge in [0.05, 0.1) is 48.5 Å². The zero-order valence-electron chi connectivity index (χ0n) is 34.4. The minimum absolute atomic E-state index is 0.0160. The first-order chi connectivity index (χ1) is 30.7. The highest BCUT2D eigenvalue weighted by atomic mass is 32.2. The molecule has 20 heteroatoms. The van der Waals surface area contributed by atoms with E-state index < -0.39 is 57.6 Å². The van der Waals surface area contributed by atoms with Crippen molar-refractivity contribution < 1.29 is 51.5 Å². The van der Waals surface area contributed by atoms with Gasteiger partial charge in [-0.15, -0.1) is 11.3 Å². The van der Waals surface area contributed by atoms with Crippen LogP contribution in [0.3, 0.4) is 0 Å². The van der Waals surface area contributed by atoms with Gasteiger partial charge in [-0.1, -0.05) is 60.7 Å². The second-order valence-corrected chi connectivity index (χ2v) is 17.7. The molecule has 4 heterocycles. The van der Waals surface area contributed by atoms with E-state index in [1.54, 1.807) is 17.5 Å². The molecule has 2 atom stereocenters. The van der Waals surface area contributed by atoms with Crippen LogP contribution in [-0.2, 0) is 47.1 Å². The molecule has 7 rings (SSSR count). The van der Waals surface area contributed by atoms with Gasteiger partial charge in [-0.2, -0.15) is 0 Å². The van der Waals surface area contributed by atoms with Gasteiger partial charge in [0.1, 0.15) is 17.8 Å². The smallest absolute Gasteiger partial charge is 0.266 e. The molecule has 4 N–H and O–H groups in total. The Morgan fingerprint density at radius 3 is 2.44 bits per heavy atom. The van der Waals surface area contributed by atoms with Gasteiger partial charge in [0.2, 0.25) is 27.7 Å². The number of piperidine rings is 1. The number of aromatic nitrogens is 2. The number of benzene rings is 3. The summed E-state index contributed by atoms with van der Waals surface area (Å²) in [6.45, 7) is 0.303. The number of fused-ring (bicyclic) bond motifs is 1. The first kappa shape index (κ1) is 45.0. The van der Waals surface area contributed by atoms with Crippen LogP contribution in [-0.4, -0.2) is 95.2 Å². The van der Waals surface area contributed by atoms with Crippen molar-refractivity contribution in [1.82, 2.24) is 29.8 Å². The molecule has 1 unspecified atom stereocenters. The number of unbranched alkanes of at least 4 members (excludes halogenated alkanes) is 1. The third-order valence-corrected chi connectivity index (χ3v) is 12.0. The van der Waals surface area contributed by atoms with Crippen molar-refractivity contribution in [3.05, 3.63) is 124 Å². The molecule has 0 bridgehead atoms. The molecule has 0 spiro atoms. The highest BCUT2D eigenvalue weighted by Gasteiger charge is 2.46. The second-order valence-electron chi connectivity index (χ2n) is 15.0. The van der Waals surface area contributed by atoms with E-state index in [0.717, 1.165) is 38.0 Å². The van der Waals surface area contributed by atoms with Crippen molar-refractivity contribution in [2.24, 2.45) is 0 Å². The molecule has 0 aliphatic carbocycles. The van der Waals surface area contributed by atoms with Gasteiger partial charge in [-0.3, -0.25) is 47.8 Å². The maximum Gasteiger partial charge on any atom is 0.266 e. The SMILES string of the molecule is CS(=O)(=O)n1ccc(C(=O)N[C@@H](COCc2ccc(CNC(=O)CCCCOc3cccc4c3C(=O)N(C3CCC(=O)NC3=O)C4=O)cc2)C(=O)Nc2nc(-c3ccccc3)cs2)c1. The molecule has 7 amide bonds. The Morgan fingerprint density at radius 2 is 1.70 bits per heavy atom. The van der Waals surface area contributed by atoms with Gasteiger partial charge in [0.15, 0.2) is 5.13 Å². The topological polar surface area (TPSA) is 241 Å². The summed E-state index contributed by atoms with van der Waals surface area (Å²) in [5.41, 5.74) is 3.34. The van der Waals surface area contributed by atoms with Crippen molar-refractivity contribution in [3.8, 4) is 17.0 Å². The van der Waals surface area contributed by atoms with Crippen molar-refractivity contribution in [1.29, 1.82) is 0 Å². The van der Waals surface area contributed by atoms with Gasteiger partial charge in [-0.05, 0) is 48.6 Å². The molecule has 2 aliphatic heterocycles. The standard InChI is InChI=1S/C44H43N7O11S2/c1-64(59,60)50-20-19-30(23-50)39(54)46-32(40(55)49-44-47-33(26-63-44)29-8-3-2-4-9-29)25-61-24-28-15-13-27(14-16-28)22-45-36(52)12-5-6-21-62-35-11-7-10-31-38(35)43(58)51(42(31)57)34-17-18-37(53)48-41(34)56/h2-4,7-11,13-16,19-20,23,26,32,34H,5-6,12,17-18,21-22,24-25H2,1H3,(H,45,52)(H,46,54)(H,47,49,55)(H,48,53,56)/t32-,34?/m0/s1. The number of nitrogens with one attached hydrogen (secondary N) is 4. The Kier molecular flexibility index (Phi) is 14.1. The predicted molar refractivity (Wildman–Crippen MR) is 233 cm³/mol. The normalized spacial score (nSPS) is 15.3. The van der Waals surface area contributed by atoms with Crippen molar-refractivity contribution in [2.75, 3.05) is 24.8 Å². The molecule has 2 aromatic heterocycles. The van der Waals surface area contributed by atoms with E-state index in [2.05, 4.69) is 26.3 Å². The fraction of sp³-hybridized carbons (Fsp3) is 0.273. The number of carbonyl (C=O) groups excluding carboxylic acids is 7. The largest absolute Gasteiger partial charge is 0.493 e. The maximum atomic E-state index is 13.5. The minimum Gasteiger partial charge on any atom is -0.493 e. The summed E-state index contributed by atoms with van der Waals surface area (Å²) >= 11 is 1.22. The highest BCUT2D eigenvalue weighted by Crippen LogP contribution is 2.34. The number of hydrogen-bond donors (Lipinski definition) is 4. The van der Waals surface area contributed by atoms with Gasteiger partial charge in [-0.25, -0.2) is 13.4 Å². The average Bonchev–Trinajstić information content (AvgIpc) is 4.03. The molecule has 18 nitrogen and oxygen atoms in total. The monoisotopic (exact) mass is 909 g/mol. The fourth-order valence-corrected chi connectivity index (χ4v) is 8.23. The third kappa shape index (κ3) is 10.9. The van der Waals surface area contributed by atoms with Crippen LogP contribution in [0.5, 0.6) is 5.75 Å². The molecule has 1 saturated heterocycles. The summed E-state index contributed by atoms with van der Waals surface area (Å²) in [5, 5.41) is 12.5. The second kappa shape index (κ2) is 20.0. The number of amides is 7. The molecule has 1 fully saturated rings. The Hall–Kier alpha value is -7.03. The molecule has 64 heavy (non-hydrogen) atoms. The summed E-state index contributed by atoms with van der Waals surface area (Å²) in [5.74, 6) is -3.68. The van der Waals surface area contributed by atoms with Crippen molar-refractivity contribution in [2.45, 2.75) is 57.3 Å². The number of rotatable bonds is 19. The van der Waals surface area contributed by atoms with Crippen LogP contribution in [0.2, 0.25) is 0 Å². The number of hydrogen-bond acceptors (Lipinski definition) is 13. The van der Waals surface area contributed by atoms with E-state index in [1.807, 2.05) is 54.6 Å². The molecule has 5 aromatic rings. The van der Waals surface area contributed by atoms with Gasteiger partial charge < -0.3 is 25.4 Å². The first-order valence-corrected chi connectivity index (χ1v) is 22.9. The Balaban J connectivity index is 0.853. The summed E-state index contributed by atoms with van der Waals surface area (Å²) in [6, 6.07) is 20.4. The highest BCUT2D eigenvalue weighted by molar-refractivity contribution is 7.89. The zero-order chi connectivity index (χ0) is 45.4. The molecule has 0 radical (unpaired) electrons. The number of nitrogens with zero attached hydrogens (tertiary/aromatic N) is 3. The van der Waals surface area contributed by atoms with E-state index in [-0.39, 0.29) is 74.0 Å². The molecular weight excluding hydrogens is 867 g/mol. The number of imide groups is 2. The summed E-state index contributed by atoms with van der Waals surface area (Å²) in [6.07, 6.45) is 4.64. The van der Waals surface area contributed by atoms with Crippen LogP contribution in [0.15, 0.2) is 96.6 Å². The van der Waals surface area contributed by atoms with E-state index in [0.29, 0.717) is 23.7 Å². The average molecular weight is 910 g/mol. The van der Waals surface area contributed by atoms with Crippen LogP contribution in [0, 0.1) is 0 Å². The lowest BCUT2D eigenvalue weighted by Crippen LogP contribution is -2.54. The van der Waals surface area contributed by atoms with E-state index >= 15 is 0 Å². The summed E-state index contributed by atoms with van der Waals surface area (Å²) in [4.78, 5) is 94.9.